The van der Waals surface area contributed by atoms with Crippen molar-refractivity contribution in [2.75, 3.05) is 0 Å². The Balaban J connectivity index is 2.17. The van der Waals surface area contributed by atoms with Gasteiger partial charge in [0.2, 0.25) is 0 Å². The molecule has 0 aliphatic rings. The van der Waals surface area contributed by atoms with Gasteiger partial charge in [0, 0.05) is 16.8 Å². The van der Waals surface area contributed by atoms with Gasteiger partial charge in [-0.2, -0.15) is 18.3 Å². The first-order valence-electron chi connectivity index (χ1n) is 6.78. The molecule has 0 aliphatic heterocycles. The largest absolute Gasteiger partial charge is 0.476 e. The molecular formula is C15H8ClF4N3O2. The van der Waals surface area contributed by atoms with Gasteiger partial charge < -0.3 is 5.11 Å². The van der Waals surface area contributed by atoms with Crippen LogP contribution in [0.5, 0.6) is 0 Å². The van der Waals surface area contributed by atoms with Crippen molar-refractivity contribution in [3.8, 4) is 0 Å². The number of nitrogens with zero attached hydrogens (tertiary/aromatic N) is 3. The molecule has 0 spiro atoms. The number of carbonyl (C=O) groups is 1. The molecular weight excluding hydrogens is 366 g/mol. The van der Waals surface area contributed by atoms with E-state index in [2.05, 4.69) is 10.1 Å². The summed E-state index contributed by atoms with van der Waals surface area (Å²) in [5, 5.41) is 13.1. The third-order valence-corrected chi connectivity index (χ3v) is 3.69. The average Bonchev–Trinajstić information content (AvgIpc) is 2.87. The minimum atomic E-state index is -4.66. The van der Waals surface area contributed by atoms with Crippen molar-refractivity contribution in [1.82, 2.24) is 14.8 Å². The number of aromatic carboxylic acids is 1. The number of fused-ring (bicyclic) bond motifs is 1. The molecule has 2 aromatic heterocycles. The predicted molar refractivity (Wildman–Crippen MR) is 80.0 cm³/mol. The highest BCUT2D eigenvalue weighted by Crippen LogP contribution is 2.31. The molecule has 25 heavy (non-hydrogen) atoms. The van der Waals surface area contributed by atoms with Crippen LogP contribution in [0, 0.1) is 5.82 Å². The Morgan fingerprint density at radius 1 is 1.28 bits per heavy atom. The van der Waals surface area contributed by atoms with E-state index in [0.717, 1.165) is 16.8 Å². The van der Waals surface area contributed by atoms with Crippen LogP contribution in [-0.2, 0) is 12.7 Å². The summed E-state index contributed by atoms with van der Waals surface area (Å²) in [6, 6.07) is 4.52. The summed E-state index contributed by atoms with van der Waals surface area (Å²) < 4.78 is 53.6. The van der Waals surface area contributed by atoms with Gasteiger partial charge in [0.15, 0.2) is 5.69 Å². The second-order valence-corrected chi connectivity index (χ2v) is 5.57. The van der Waals surface area contributed by atoms with Crippen LogP contribution in [0.4, 0.5) is 17.6 Å². The van der Waals surface area contributed by atoms with Gasteiger partial charge in [-0.1, -0.05) is 17.7 Å². The lowest BCUT2D eigenvalue weighted by molar-refractivity contribution is -0.137. The molecule has 0 amide bonds. The number of benzene rings is 1. The molecule has 5 nitrogen and oxygen atoms in total. The van der Waals surface area contributed by atoms with E-state index in [0.29, 0.717) is 6.20 Å². The van der Waals surface area contributed by atoms with E-state index in [1.54, 1.807) is 0 Å². The Morgan fingerprint density at radius 2 is 2.00 bits per heavy atom. The maximum atomic E-state index is 13.9. The Hall–Kier alpha value is -2.68. The zero-order chi connectivity index (χ0) is 18.4. The van der Waals surface area contributed by atoms with Gasteiger partial charge in [-0.25, -0.2) is 9.18 Å². The van der Waals surface area contributed by atoms with Crippen molar-refractivity contribution in [3.05, 3.63) is 58.1 Å². The summed E-state index contributed by atoms with van der Waals surface area (Å²) in [5.41, 5.74) is -1.87. The van der Waals surface area contributed by atoms with Crippen LogP contribution in [-0.4, -0.2) is 25.8 Å². The first kappa shape index (κ1) is 17.2. The van der Waals surface area contributed by atoms with Crippen molar-refractivity contribution in [2.45, 2.75) is 12.7 Å². The molecule has 2 heterocycles. The average molecular weight is 374 g/mol. The number of rotatable bonds is 3. The molecule has 0 aliphatic carbocycles. The third kappa shape index (κ3) is 3.27. The van der Waals surface area contributed by atoms with E-state index in [1.807, 2.05) is 0 Å². The van der Waals surface area contributed by atoms with Gasteiger partial charge in [-0.15, -0.1) is 0 Å². The summed E-state index contributed by atoms with van der Waals surface area (Å²) in [6.07, 6.45) is -4.13. The smallest absolute Gasteiger partial charge is 0.417 e. The van der Waals surface area contributed by atoms with Gasteiger partial charge in [-0.3, -0.25) is 9.67 Å². The summed E-state index contributed by atoms with van der Waals surface area (Å²) in [4.78, 5) is 14.8. The zero-order valence-corrected chi connectivity index (χ0v) is 12.9. The van der Waals surface area contributed by atoms with E-state index < -0.39 is 29.2 Å². The lowest BCUT2D eigenvalue weighted by atomic mass is 10.2. The topological polar surface area (TPSA) is 68.0 Å². The molecule has 3 aromatic rings. The van der Waals surface area contributed by atoms with Crippen LogP contribution in [0.2, 0.25) is 5.02 Å². The number of alkyl halides is 3. The number of halogens is 5. The van der Waals surface area contributed by atoms with E-state index in [-0.39, 0.29) is 28.2 Å². The summed E-state index contributed by atoms with van der Waals surface area (Å²) >= 11 is 5.66. The Labute approximate surface area is 142 Å². The van der Waals surface area contributed by atoms with Crippen molar-refractivity contribution in [1.29, 1.82) is 0 Å². The fraction of sp³-hybridized carbons (Fsp3) is 0.133. The Kier molecular flexibility index (Phi) is 4.11. The van der Waals surface area contributed by atoms with E-state index in [1.165, 1.54) is 12.1 Å². The highest BCUT2D eigenvalue weighted by atomic mass is 35.5. The molecule has 0 saturated carbocycles. The maximum absolute atomic E-state index is 13.9. The number of aromatic nitrogens is 3. The molecule has 0 saturated heterocycles. The van der Waals surface area contributed by atoms with Crippen molar-refractivity contribution < 1.29 is 27.5 Å². The van der Waals surface area contributed by atoms with Crippen LogP contribution in [0.1, 0.15) is 21.6 Å². The second-order valence-electron chi connectivity index (χ2n) is 5.14. The molecule has 1 aromatic carbocycles. The monoisotopic (exact) mass is 373 g/mol. The van der Waals surface area contributed by atoms with Crippen LogP contribution >= 0.6 is 11.6 Å². The van der Waals surface area contributed by atoms with Gasteiger partial charge in [-0.05, 0) is 18.2 Å². The van der Waals surface area contributed by atoms with E-state index >= 15 is 0 Å². The Bertz CT molecular complexity index is 985. The molecule has 10 heteroatoms. The summed E-state index contributed by atoms with van der Waals surface area (Å²) in [7, 11) is 0. The highest BCUT2D eigenvalue weighted by molar-refractivity contribution is 6.30. The standard InChI is InChI=1S/C15H8ClF4N3O2/c16-9-2-1-7(10(17)4-9)6-23-11-3-8(15(18,19)20)5-21-12(11)13(22-23)14(24)25/h1-5H,6H2,(H,24,25). The number of carboxylic acids is 1. The first-order valence-corrected chi connectivity index (χ1v) is 7.15. The first-order chi connectivity index (χ1) is 11.7. The predicted octanol–water partition coefficient (Wildman–Crippen LogP) is 3.99. The summed E-state index contributed by atoms with van der Waals surface area (Å²) in [6.45, 7) is -0.282. The lowest BCUT2D eigenvalue weighted by Crippen LogP contribution is -2.07. The number of hydrogen-bond donors (Lipinski definition) is 1. The van der Waals surface area contributed by atoms with Crippen LogP contribution in [0.25, 0.3) is 11.0 Å². The molecule has 130 valence electrons. The molecule has 0 atom stereocenters. The summed E-state index contributed by atoms with van der Waals surface area (Å²) in [5.74, 6) is -2.14. The quantitative estimate of drug-likeness (QED) is 0.705. The molecule has 3 rings (SSSR count). The number of pyridine rings is 1. The molecule has 0 unspecified atom stereocenters. The lowest BCUT2D eigenvalue weighted by Gasteiger charge is -2.08. The van der Waals surface area contributed by atoms with Crippen LogP contribution in [0.3, 0.4) is 0 Å². The van der Waals surface area contributed by atoms with Gasteiger partial charge >= 0.3 is 12.1 Å². The van der Waals surface area contributed by atoms with Crippen LogP contribution in [0.15, 0.2) is 30.5 Å². The third-order valence-electron chi connectivity index (χ3n) is 3.46. The SMILES string of the molecule is O=C(O)c1nn(Cc2ccc(Cl)cc2F)c2cc(C(F)(F)F)cnc12. The van der Waals surface area contributed by atoms with Crippen molar-refractivity contribution in [3.63, 3.8) is 0 Å². The van der Waals surface area contributed by atoms with E-state index in [9.17, 15) is 22.4 Å². The molecule has 0 fully saturated rings. The zero-order valence-electron chi connectivity index (χ0n) is 12.2. The molecule has 0 radical (unpaired) electrons. The van der Waals surface area contributed by atoms with Gasteiger partial charge in [0.1, 0.15) is 11.3 Å². The van der Waals surface area contributed by atoms with Gasteiger partial charge in [0.25, 0.3) is 0 Å². The van der Waals surface area contributed by atoms with Crippen molar-refractivity contribution in [2.24, 2.45) is 0 Å². The highest BCUT2D eigenvalue weighted by Gasteiger charge is 2.32. The van der Waals surface area contributed by atoms with Crippen molar-refractivity contribution >= 4 is 28.6 Å². The van der Waals surface area contributed by atoms with E-state index in [4.69, 9.17) is 16.7 Å². The Morgan fingerprint density at radius 3 is 2.60 bits per heavy atom. The minimum absolute atomic E-state index is 0.0863. The number of carboxylic acid groups (broad SMARTS) is 1. The molecule has 1 N–H and O–H groups in total. The fourth-order valence-corrected chi connectivity index (χ4v) is 2.44. The fourth-order valence-electron chi connectivity index (χ4n) is 2.29. The number of hydrogen-bond acceptors (Lipinski definition) is 3. The normalized spacial score (nSPS) is 11.9. The maximum Gasteiger partial charge on any atom is 0.417 e. The molecule has 0 bridgehead atoms. The van der Waals surface area contributed by atoms with Crippen LogP contribution < -0.4 is 0 Å². The second kappa shape index (κ2) is 5.99. The van der Waals surface area contributed by atoms with Gasteiger partial charge in [0.05, 0.1) is 17.6 Å². The minimum Gasteiger partial charge on any atom is -0.476 e.